The first-order valence-electron chi connectivity index (χ1n) is 6.00. The number of rotatable bonds is 3. The van der Waals surface area contributed by atoms with Crippen LogP contribution in [0.3, 0.4) is 0 Å². The second-order valence-electron chi connectivity index (χ2n) is 4.15. The molecule has 122 valence electrons. The molecule has 23 heavy (non-hydrogen) atoms. The molecular weight excluding hydrogens is 500 g/mol. The molecule has 0 atom stereocenters. The number of carboxylic acid groups (broad SMARTS) is 2. The molecule has 0 fully saturated rings. The highest BCUT2D eigenvalue weighted by Gasteiger charge is 2.05. The molecule has 0 aromatic heterocycles. The van der Waals surface area contributed by atoms with Crippen LogP contribution in [-0.2, 0) is 0 Å². The summed E-state index contributed by atoms with van der Waals surface area (Å²) in [6.07, 6.45) is 0. The van der Waals surface area contributed by atoms with Gasteiger partial charge in [0.25, 0.3) is 0 Å². The van der Waals surface area contributed by atoms with Crippen LogP contribution in [0.5, 0.6) is 5.75 Å². The molecule has 0 amide bonds. The lowest BCUT2D eigenvalue weighted by Crippen LogP contribution is -1.96. The van der Waals surface area contributed by atoms with Crippen LogP contribution in [0, 0.1) is 0 Å². The van der Waals surface area contributed by atoms with Gasteiger partial charge in [-0.2, -0.15) is 0 Å². The lowest BCUT2D eigenvalue weighted by molar-refractivity contribution is 0.0686. The summed E-state index contributed by atoms with van der Waals surface area (Å²) in [5, 5.41) is 17.2. The van der Waals surface area contributed by atoms with E-state index in [1.807, 2.05) is 0 Å². The van der Waals surface area contributed by atoms with Crippen LogP contribution in [0.2, 0.25) is 0 Å². The standard InChI is InChI=1S/C8H7BrO3.C7H4Br2O2/c1-12-7-3-5(8(10)11)2-6(9)4-7;8-5-1-4(7(10)11)2-6(9)3-5/h2-4H,1H3,(H,10,11);1-3H,(H,10,11). The van der Waals surface area contributed by atoms with Gasteiger partial charge in [-0.3, -0.25) is 0 Å². The van der Waals surface area contributed by atoms with Gasteiger partial charge in [-0.05, 0) is 36.4 Å². The number of halogens is 3. The largest absolute Gasteiger partial charge is 0.497 e. The fourth-order valence-electron chi connectivity index (χ4n) is 1.48. The Bertz CT molecular complexity index is 711. The zero-order valence-electron chi connectivity index (χ0n) is 11.7. The molecule has 0 saturated carbocycles. The second kappa shape index (κ2) is 9.05. The first-order chi connectivity index (χ1) is 10.7. The Morgan fingerprint density at radius 3 is 1.57 bits per heavy atom. The van der Waals surface area contributed by atoms with Gasteiger partial charge in [-0.1, -0.05) is 47.8 Å². The average molecular weight is 511 g/mol. The van der Waals surface area contributed by atoms with E-state index in [0.29, 0.717) is 10.2 Å². The van der Waals surface area contributed by atoms with Crippen molar-refractivity contribution in [3.05, 3.63) is 60.9 Å². The molecule has 0 aliphatic carbocycles. The maximum Gasteiger partial charge on any atom is 0.335 e. The van der Waals surface area contributed by atoms with Gasteiger partial charge in [0.15, 0.2) is 0 Å². The van der Waals surface area contributed by atoms with Crippen molar-refractivity contribution in [1.82, 2.24) is 0 Å². The topological polar surface area (TPSA) is 83.8 Å². The van der Waals surface area contributed by atoms with Crippen molar-refractivity contribution in [3.63, 3.8) is 0 Å². The summed E-state index contributed by atoms with van der Waals surface area (Å²) in [4.78, 5) is 21.0. The Morgan fingerprint density at radius 1 is 0.783 bits per heavy atom. The van der Waals surface area contributed by atoms with Crippen LogP contribution >= 0.6 is 47.8 Å². The summed E-state index contributed by atoms with van der Waals surface area (Å²) in [7, 11) is 1.49. The third kappa shape index (κ3) is 6.72. The van der Waals surface area contributed by atoms with E-state index in [-0.39, 0.29) is 11.1 Å². The van der Waals surface area contributed by atoms with Crippen molar-refractivity contribution in [2.45, 2.75) is 0 Å². The van der Waals surface area contributed by atoms with E-state index >= 15 is 0 Å². The Kier molecular flexibility index (Phi) is 7.74. The summed E-state index contributed by atoms with van der Waals surface area (Å²) in [6.45, 7) is 0. The lowest BCUT2D eigenvalue weighted by Gasteiger charge is -2.01. The number of benzene rings is 2. The zero-order valence-corrected chi connectivity index (χ0v) is 16.5. The molecule has 0 bridgehead atoms. The van der Waals surface area contributed by atoms with Gasteiger partial charge >= 0.3 is 11.9 Å². The maximum atomic E-state index is 10.5. The van der Waals surface area contributed by atoms with E-state index in [4.69, 9.17) is 14.9 Å². The van der Waals surface area contributed by atoms with Crippen LogP contribution in [0.15, 0.2) is 49.8 Å². The molecule has 5 nitrogen and oxygen atoms in total. The Labute approximate surface area is 157 Å². The second-order valence-corrected chi connectivity index (χ2v) is 6.90. The molecular formula is C15H11Br3O5. The number of hydrogen-bond donors (Lipinski definition) is 2. The molecule has 0 saturated heterocycles. The van der Waals surface area contributed by atoms with Crippen molar-refractivity contribution in [1.29, 1.82) is 0 Å². The third-order valence-electron chi connectivity index (χ3n) is 2.46. The Hall–Kier alpha value is -1.38. The minimum atomic E-state index is -0.963. The summed E-state index contributed by atoms with van der Waals surface area (Å²) in [5.41, 5.74) is 0.479. The van der Waals surface area contributed by atoms with E-state index in [1.54, 1.807) is 24.3 Å². The number of ether oxygens (including phenoxy) is 1. The average Bonchev–Trinajstić information content (AvgIpc) is 2.46. The highest BCUT2D eigenvalue weighted by molar-refractivity contribution is 9.11. The van der Waals surface area contributed by atoms with Gasteiger partial charge in [0.2, 0.25) is 0 Å². The van der Waals surface area contributed by atoms with Gasteiger partial charge in [-0.15, -0.1) is 0 Å². The zero-order chi connectivity index (χ0) is 17.6. The number of carboxylic acids is 2. The minimum Gasteiger partial charge on any atom is -0.497 e. The van der Waals surface area contributed by atoms with Crippen molar-refractivity contribution in [3.8, 4) is 5.75 Å². The molecule has 2 N–H and O–H groups in total. The number of hydrogen-bond acceptors (Lipinski definition) is 3. The molecule has 0 radical (unpaired) electrons. The van der Waals surface area contributed by atoms with E-state index in [0.717, 1.165) is 8.95 Å². The summed E-state index contributed by atoms with van der Waals surface area (Å²) < 4.78 is 7.09. The van der Waals surface area contributed by atoms with Crippen molar-refractivity contribution < 1.29 is 24.5 Å². The molecule has 8 heteroatoms. The predicted molar refractivity (Wildman–Crippen MR) is 96.5 cm³/mol. The van der Waals surface area contributed by atoms with Crippen molar-refractivity contribution in [2.24, 2.45) is 0 Å². The first-order valence-corrected chi connectivity index (χ1v) is 8.38. The van der Waals surface area contributed by atoms with Crippen molar-refractivity contribution in [2.75, 3.05) is 7.11 Å². The maximum absolute atomic E-state index is 10.5. The van der Waals surface area contributed by atoms with Gasteiger partial charge in [0.1, 0.15) is 5.75 Å². The van der Waals surface area contributed by atoms with Crippen molar-refractivity contribution >= 4 is 59.7 Å². The van der Waals surface area contributed by atoms with E-state index in [2.05, 4.69) is 47.8 Å². The van der Waals surface area contributed by atoms with Gasteiger partial charge in [0, 0.05) is 13.4 Å². The lowest BCUT2D eigenvalue weighted by atomic mass is 10.2. The molecule has 2 aromatic carbocycles. The normalized spacial score (nSPS) is 9.57. The highest BCUT2D eigenvalue weighted by atomic mass is 79.9. The number of aromatic carboxylic acids is 2. The van der Waals surface area contributed by atoms with E-state index in [1.165, 1.54) is 19.2 Å². The number of methoxy groups -OCH3 is 1. The van der Waals surface area contributed by atoms with Crippen LogP contribution in [0.25, 0.3) is 0 Å². The molecule has 2 aromatic rings. The Balaban J connectivity index is 0.000000231. The smallest absolute Gasteiger partial charge is 0.335 e. The van der Waals surface area contributed by atoms with Crippen LogP contribution in [-0.4, -0.2) is 29.3 Å². The molecule has 0 aliphatic heterocycles. The SMILES string of the molecule is COc1cc(Br)cc(C(=O)O)c1.O=C(O)c1cc(Br)cc(Br)c1. The molecule has 0 heterocycles. The molecule has 2 rings (SSSR count). The monoisotopic (exact) mass is 508 g/mol. The summed E-state index contributed by atoms with van der Waals surface area (Å²) >= 11 is 9.55. The Morgan fingerprint density at radius 2 is 1.17 bits per heavy atom. The summed E-state index contributed by atoms with van der Waals surface area (Å²) in [6, 6.07) is 9.57. The third-order valence-corrected chi connectivity index (χ3v) is 3.84. The quantitative estimate of drug-likeness (QED) is 0.602. The molecule has 0 unspecified atom stereocenters. The molecule has 0 spiro atoms. The van der Waals surface area contributed by atoms with E-state index in [9.17, 15) is 9.59 Å². The minimum absolute atomic E-state index is 0.209. The van der Waals surface area contributed by atoms with E-state index < -0.39 is 11.9 Å². The van der Waals surface area contributed by atoms with Crippen LogP contribution in [0.4, 0.5) is 0 Å². The highest BCUT2D eigenvalue weighted by Crippen LogP contribution is 2.21. The fourth-order valence-corrected chi connectivity index (χ4v) is 3.25. The molecule has 0 aliphatic rings. The van der Waals surface area contributed by atoms with Gasteiger partial charge in [0.05, 0.1) is 18.2 Å². The fraction of sp³-hybridized carbons (Fsp3) is 0.0667. The summed E-state index contributed by atoms with van der Waals surface area (Å²) in [5.74, 6) is -1.36. The van der Waals surface area contributed by atoms with Crippen LogP contribution in [0.1, 0.15) is 20.7 Å². The first kappa shape index (κ1) is 19.7. The van der Waals surface area contributed by atoms with Gasteiger partial charge < -0.3 is 14.9 Å². The predicted octanol–water partition coefficient (Wildman–Crippen LogP) is 5.07. The van der Waals surface area contributed by atoms with Crippen LogP contribution < -0.4 is 4.74 Å². The number of carbonyl (C=O) groups is 2. The van der Waals surface area contributed by atoms with Gasteiger partial charge in [-0.25, -0.2) is 9.59 Å².